The number of rotatable bonds is 1. The lowest BCUT2D eigenvalue weighted by molar-refractivity contribution is 0.815. The molecule has 0 aromatic carbocycles. The van der Waals surface area contributed by atoms with E-state index in [4.69, 9.17) is 0 Å². The van der Waals surface area contributed by atoms with E-state index < -0.39 is 0 Å². The minimum absolute atomic E-state index is 0. The van der Waals surface area contributed by atoms with Gasteiger partial charge in [-0.05, 0) is 31.4 Å². The van der Waals surface area contributed by atoms with Crippen LogP contribution in [-0.2, 0) is 6.42 Å². The molecule has 0 fully saturated rings. The third-order valence-corrected chi connectivity index (χ3v) is 2.53. The molecule has 0 atom stereocenters. The number of nitrogens with zero attached hydrogens (tertiary/aromatic N) is 1. The highest BCUT2D eigenvalue weighted by Gasteiger charge is 2.08. The second-order valence-electron chi connectivity index (χ2n) is 3.99. The molecule has 100 valence electrons. The van der Waals surface area contributed by atoms with Gasteiger partial charge in [-0.1, -0.05) is 46.6 Å². The number of hydrogen-bond donors (Lipinski definition) is 1. The van der Waals surface area contributed by atoms with E-state index in [0.29, 0.717) is 0 Å². The summed E-state index contributed by atoms with van der Waals surface area (Å²) in [6.45, 7) is 11.5. The standard InChI is InChI=1S/C9H12N2.C4H10.C2H6.H2/c1-7-4-5-8-3-2-6-10-9(8)11-7;1-3-4-2;1-2;/h4-5H,2-3,6H2,1H3,(H,10,11);3-4H2,1-2H3;1-2H3;1H. The molecule has 2 rings (SSSR count). The van der Waals surface area contributed by atoms with E-state index in [1.54, 1.807) is 0 Å². The third-order valence-electron chi connectivity index (χ3n) is 2.53. The third kappa shape index (κ3) is 6.30. The normalized spacial score (nSPS) is 12.1. The van der Waals surface area contributed by atoms with E-state index in [1.165, 1.54) is 31.2 Å². The Kier molecular flexibility index (Phi) is 9.50. The number of anilines is 1. The molecule has 17 heavy (non-hydrogen) atoms. The largest absolute Gasteiger partial charge is 0.370 e. The fraction of sp³-hybridized carbons (Fsp3) is 0.667. The van der Waals surface area contributed by atoms with Crippen LogP contribution < -0.4 is 5.32 Å². The maximum atomic E-state index is 4.40. The average molecular weight is 238 g/mol. The summed E-state index contributed by atoms with van der Waals surface area (Å²) in [4.78, 5) is 4.40. The van der Waals surface area contributed by atoms with Crippen LogP contribution in [0.25, 0.3) is 0 Å². The first-order valence-electron chi connectivity index (χ1n) is 6.98. The van der Waals surface area contributed by atoms with E-state index >= 15 is 0 Å². The molecule has 0 aliphatic carbocycles. The van der Waals surface area contributed by atoms with Gasteiger partial charge in [-0.2, -0.15) is 0 Å². The monoisotopic (exact) mass is 238 g/mol. The van der Waals surface area contributed by atoms with Gasteiger partial charge in [0, 0.05) is 13.7 Å². The summed E-state index contributed by atoms with van der Waals surface area (Å²) < 4.78 is 0. The van der Waals surface area contributed by atoms with Gasteiger partial charge in [-0.15, -0.1) is 0 Å². The SMILES string of the molecule is CC.CCCC.Cc1ccc2c(n1)NCCC2.[HH]. The molecule has 0 bridgehead atoms. The van der Waals surface area contributed by atoms with Crippen LogP contribution in [0.1, 0.15) is 59.6 Å². The Morgan fingerprint density at radius 3 is 2.47 bits per heavy atom. The summed E-state index contributed by atoms with van der Waals surface area (Å²) in [6.07, 6.45) is 5.05. The first-order chi connectivity index (χ1) is 8.27. The minimum Gasteiger partial charge on any atom is -0.370 e. The van der Waals surface area contributed by atoms with Gasteiger partial charge in [0.25, 0.3) is 0 Å². The van der Waals surface area contributed by atoms with E-state index in [0.717, 1.165) is 18.1 Å². The molecule has 0 radical (unpaired) electrons. The summed E-state index contributed by atoms with van der Waals surface area (Å²) >= 11 is 0. The molecule has 2 heterocycles. The molecule has 2 nitrogen and oxygen atoms in total. The fourth-order valence-corrected chi connectivity index (χ4v) is 1.43. The minimum atomic E-state index is 0. The Bertz CT molecular complexity index is 299. The van der Waals surface area contributed by atoms with Crippen LogP contribution in [0.2, 0.25) is 0 Å². The van der Waals surface area contributed by atoms with Crippen molar-refractivity contribution in [2.24, 2.45) is 0 Å². The number of fused-ring (bicyclic) bond motifs is 1. The molecule has 0 spiro atoms. The molecule has 1 aromatic rings. The molecule has 1 aliphatic rings. The fourth-order valence-electron chi connectivity index (χ4n) is 1.43. The summed E-state index contributed by atoms with van der Waals surface area (Å²) in [6, 6.07) is 4.25. The van der Waals surface area contributed by atoms with E-state index in [9.17, 15) is 0 Å². The molecular weight excluding hydrogens is 208 g/mol. The zero-order valence-electron chi connectivity index (χ0n) is 12.1. The van der Waals surface area contributed by atoms with E-state index in [2.05, 4.69) is 36.3 Å². The Morgan fingerprint density at radius 2 is 1.88 bits per heavy atom. The van der Waals surface area contributed by atoms with Crippen molar-refractivity contribution in [3.05, 3.63) is 23.4 Å². The van der Waals surface area contributed by atoms with Crippen molar-refractivity contribution in [1.82, 2.24) is 4.98 Å². The van der Waals surface area contributed by atoms with Gasteiger partial charge in [-0.25, -0.2) is 4.98 Å². The Labute approximate surface area is 108 Å². The van der Waals surface area contributed by atoms with Crippen LogP contribution in [0.5, 0.6) is 0 Å². The predicted molar refractivity (Wildman–Crippen MR) is 79.8 cm³/mol. The van der Waals surface area contributed by atoms with Crippen molar-refractivity contribution in [3.63, 3.8) is 0 Å². The molecule has 0 saturated carbocycles. The van der Waals surface area contributed by atoms with Crippen molar-refractivity contribution in [1.29, 1.82) is 0 Å². The Hall–Kier alpha value is -1.05. The lowest BCUT2D eigenvalue weighted by atomic mass is 10.1. The van der Waals surface area contributed by atoms with Crippen LogP contribution in [-0.4, -0.2) is 11.5 Å². The molecule has 0 amide bonds. The van der Waals surface area contributed by atoms with Crippen molar-refractivity contribution in [3.8, 4) is 0 Å². The Morgan fingerprint density at radius 1 is 1.24 bits per heavy atom. The first-order valence-corrected chi connectivity index (χ1v) is 6.98. The molecule has 1 aliphatic heterocycles. The number of aromatic nitrogens is 1. The smallest absolute Gasteiger partial charge is 0.129 e. The van der Waals surface area contributed by atoms with Crippen molar-refractivity contribution >= 4 is 5.82 Å². The van der Waals surface area contributed by atoms with Gasteiger partial charge in [0.2, 0.25) is 0 Å². The Balaban J connectivity index is 0. The van der Waals surface area contributed by atoms with Crippen molar-refractivity contribution in [2.75, 3.05) is 11.9 Å². The van der Waals surface area contributed by atoms with Gasteiger partial charge >= 0.3 is 0 Å². The number of nitrogens with one attached hydrogen (secondary N) is 1. The number of hydrogen-bond acceptors (Lipinski definition) is 2. The number of unbranched alkanes of at least 4 members (excludes halogenated alkanes) is 1. The quantitative estimate of drug-likeness (QED) is 0.758. The topological polar surface area (TPSA) is 24.9 Å². The highest BCUT2D eigenvalue weighted by atomic mass is 15.0. The molecule has 2 heteroatoms. The van der Waals surface area contributed by atoms with Crippen molar-refractivity contribution in [2.45, 2.75) is 60.3 Å². The average Bonchev–Trinajstić information content (AvgIpc) is 2.41. The summed E-state index contributed by atoms with van der Waals surface area (Å²) in [5.74, 6) is 1.09. The van der Waals surface area contributed by atoms with Crippen LogP contribution in [0.15, 0.2) is 12.1 Å². The lowest BCUT2D eigenvalue weighted by Gasteiger charge is -2.16. The maximum absolute atomic E-state index is 4.40. The van der Waals surface area contributed by atoms with Crippen LogP contribution >= 0.6 is 0 Å². The van der Waals surface area contributed by atoms with Gasteiger partial charge in [0.15, 0.2) is 0 Å². The predicted octanol–water partition coefficient (Wildman–Crippen LogP) is 4.83. The summed E-state index contributed by atoms with van der Waals surface area (Å²) in [7, 11) is 0. The van der Waals surface area contributed by atoms with E-state index in [-0.39, 0.29) is 1.43 Å². The molecule has 1 aromatic heterocycles. The second kappa shape index (κ2) is 10.1. The van der Waals surface area contributed by atoms with Crippen LogP contribution in [0.3, 0.4) is 0 Å². The van der Waals surface area contributed by atoms with Gasteiger partial charge < -0.3 is 5.32 Å². The van der Waals surface area contributed by atoms with E-state index in [1.807, 2.05) is 20.8 Å². The number of aryl methyl sites for hydroxylation is 2. The maximum Gasteiger partial charge on any atom is 0.129 e. The molecule has 0 saturated heterocycles. The molecular formula is C15H30N2. The van der Waals surface area contributed by atoms with Crippen LogP contribution in [0.4, 0.5) is 5.82 Å². The second-order valence-corrected chi connectivity index (χ2v) is 3.99. The van der Waals surface area contributed by atoms with Gasteiger partial charge in [0.05, 0.1) is 0 Å². The first kappa shape index (κ1) is 16.0. The zero-order chi connectivity index (χ0) is 13.1. The van der Waals surface area contributed by atoms with Crippen LogP contribution in [0, 0.1) is 6.92 Å². The zero-order valence-corrected chi connectivity index (χ0v) is 12.1. The number of pyridine rings is 1. The summed E-state index contributed by atoms with van der Waals surface area (Å²) in [5, 5.41) is 3.29. The molecule has 0 unspecified atom stereocenters. The lowest BCUT2D eigenvalue weighted by Crippen LogP contribution is -2.13. The summed E-state index contributed by atoms with van der Waals surface area (Å²) in [5.41, 5.74) is 2.46. The van der Waals surface area contributed by atoms with Gasteiger partial charge in [-0.3, -0.25) is 0 Å². The van der Waals surface area contributed by atoms with Crippen molar-refractivity contribution < 1.29 is 1.43 Å². The highest BCUT2D eigenvalue weighted by molar-refractivity contribution is 5.46. The molecule has 1 N–H and O–H groups in total. The van der Waals surface area contributed by atoms with Gasteiger partial charge in [0.1, 0.15) is 5.82 Å². The highest BCUT2D eigenvalue weighted by Crippen LogP contribution is 2.18.